The van der Waals surface area contributed by atoms with Gasteiger partial charge in [0.1, 0.15) is 20.2 Å². The minimum absolute atomic E-state index is 0. The van der Waals surface area contributed by atoms with Gasteiger partial charge >= 0.3 is 61.6 Å². The number of allylic oxidation sites excluding steroid dienone is 8. The van der Waals surface area contributed by atoms with Crippen LogP contribution in [0.4, 0.5) is 0 Å². The normalized spacial score (nSPS) is 11.8. The molecule has 0 spiro atoms. The first kappa shape index (κ1) is 125. The van der Waals surface area contributed by atoms with E-state index in [1.807, 2.05) is 0 Å². The molecule has 0 radical (unpaired) electrons. The van der Waals surface area contributed by atoms with Gasteiger partial charge in [0, 0.05) is 0 Å². The zero-order valence-corrected chi connectivity index (χ0v) is 87.6. The zero-order chi connectivity index (χ0) is 92.9. The van der Waals surface area contributed by atoms with E-state index in [2.05, 4.69) is 76.3 Å². The van der Waals surface area contributed by atoms with E-state index >= 15 is 0 Å². The van der Waals surface area contributed by atoms with Gasteiger partial charge in [0.15, 0.2) is 0 Å². The average molecular weight is 1870 g/mol. The Morgan fingerprint density at radius 3 is 0.488 bits per heavy atom. The largest absolute Gasteiger partial charge is 2.00 e. The fourth-order valence-electron chi connectivity index (χ4n) is 16.7. The van der Waals surface area contributed by atoms with Gasteiger partial charge in [0.25, 0.3) is 0 Å². The predicted molar refractivity (Wildman–Crippen MR) is 544 cm³/mol. The van der Waals surface area contributed by atoms with E-state index in [0.29, 0.717) is 25.7 Å². The summed E-state index contributed by atoms with van der Waals surface area (Å²) in [5, 5.41) is 0. The molecule has 0 aromatic heterocycles. The topological polar surface area (TPSA) is 220 Å². The first-order chi connectivity index (χ1) is 62.6. The molecule has 0 bridgehead atoms. The van der Waals surface area contributed by atoms with Crippen molar-refractivity contribution >= 4 is 81.9 Å². The summed E-state index contributed by atoms with van der Waals surface area (Å²) in [6.07, 6.45) is 119. The minimum atomic E-state index is -4.83. The molecule has 2 aromatic rings. The number of unbranched alkanes of at least 4 members (excludes halogenated alkanes) is 72. The number of benzene rings is 2. The number of esters is 4. The second kappa shape index (κ2) is 96.1. The van der Waals surface area contributed by atoms with Gasteiger partial charge in [0.05, 0.1) is 58.5 Å². The van der Waals surface area contributed by atoms with Crippen molar-refractivity contribution < 1.29 is 64.1 Å². The fraction of sp³-hybridized carbons (Fsp3) is 0.786. The van der Waals surface area contributed by atoms with Crippen molar-refractivity contribution in [3.05, 3.63) is 107 Å². The quantitative estimate of drug-likeness (QED) is 0.0150. The van der Waals surface area contributed by atoms with Crippen molar-refractivity contribution in [2.45, 2.75) is 551 Å². The van der Waals surface area contributed by atoms with Crippen molar-refractivity contribution in [3.63, 3.8) is 0 Å². The van der Waals surface area contributed by atoms with Crippen molar-refractivity contribution in [3.8, 4) is 0 Å². The molecule has 740 valence electrons. The molecule has 0 heterocycles. The Morgan fingerprint density at radius 1 is 0.209 bits per heavy atom. The van der Waals surface area contributed by atoms with Crippen molar-refractivity contribution in [1.82, 2.24) is 0 Å². The molecule has 0 unspecified atom stereocenters. The summed E-state index contributed by atoms with van der Waals surface area (Å²) in [5.74, 6) is -3.11. The SMILES string of the molecule is CCCCCCCCCCCCCC/C=C/CCCCCCCCOC(=O)c1ccc(S(=O)(=O)[O-])cc1C(=O)OCCCCCCCC/C=C/CCCCCCCCCCCCCC.CCCCCCCCCCCCCC/C=C/CCCCCCCCOC(=O)c1ccc(S(=O)(=O)[O-])cc1C(=O)OCCCCCCCC/C=C/CCCCCCCCCCCCCC.[Ca+2]. The van der Waals surface area contributed by atoms with Gasteiger partial charge in [-0.25, -0.2) is 36.0 Å². The molecule has 0 atom stereocenters. The fourth-order valence-corrected chi connectivity index (χ4v) is 17.7. The van der Waals surface area contributed by atoms with Crippen molar-refractivity contribution in [2.24, 2.45) is 0 Å². The van der Waals surface area contributed by atoms with E-state index in [9.17, 15) is 45.1 Å². The molecule has 0 saturated heterocycles. The van der Waals surface area contributed by atoms with Gasteiger partial charge in [-0.05, 0) is 165 Å². The Morgan fingerprint density at radius 2 is 0.341 bits per heavy atom. The van der Waals surface area contributed by atoms with Crippen LogP contribution >= 0.6 is 0 Å². The number of ether oxygens (including phenoxy) is 4. The summed E-state index contributed by atoms with van der Waals surface area (Å²) in [6, 6.07) is 6.29. The van der Waals surface area contributed by atoms with Crippen LogP contribution in [0.5, 0.6) is 0 Å². The van der Waals surface area contributed by atoms with Gasteiger partial charge in [0.2, 0.25) is 0 Å². The first-order valence-corrected chi connectivity index (χ1v) is 56.9. The molecule has 14 nitrogen and oxygen atoms in total. The maximum atomic E-state index is 13.0. The van der Waals surface area contributed by atoms with E-state index in [1.165, 1.54) is 397 Å². The summed E-state index contributed by atoms with van der Waals surface area (Å²) in [4.78, 5) is 50.8. The molecule has 2 aromatic carbocycles. The van der Waals surface area contributed by atoms with Gasteiger partial charge < -0.3 is 28.1 Å². The molecular weight excluding hydrogens is 1670 g/mol. The van der Waals surface area contributed by atoms with Crippen LogP contribution in [0, 0.1) is 0 Å². The Hall–Kier alpha value is -3.64. The predicted octanol–water partition coefficient (Wildman–Crippen LogP) is 34.9. The second-order valence-corrected chi connectivity index (χ2v) is 39.9. The third kappa shape index (κ3) is 82.4. The smallest absolute Gasteiger partial charge is 0.744 e. The molecule has 0 saturated carbocycles. The molecular formula is C112H194CaO14S2. The van der Waals surface area contributed by atoms with E-state index in [1.54, 1.807) is 0 Å². The van der Waals surface area contributed by atoms with Crippen molar-refractivity contribution in [2.75, 3.05) is 26.4 Å². The van der Waals surface area contributed by atoms with E-state index < -0.39 is 53.9 Å². The summed E-state index contributed by atoms with van der Waals surface area (Å²) in [5.41, 5.74) is -0.686. The third-order valence-corrected chi connectivity index (χ3v) is 26.7. The van der Waals surface area contributed by atoms with Crippen molar-refractivity contribution in [1.29, 1.82) is 0 Å². The molecule has 0 aliphatic rings. The van der Waals surface area contributed by atoms with E-state index in [-0.39, 0.29) is 86.4 Å². The van der Waals surface area contributed by atoms with Gasteiger partial charge in [-0.1, -0.05) is 462 Å². The van der Waals surface area contributed by atoms with Crippen LogP contribution in [0.15, 0.2) is 94.8 Å². The molecule has 129 heavy (non-hydrogen) atoms. The molecule has 2 rings (SSSR count). The van der Waals surface area contributed by atoms with Crippen LogP contribution in [0.3, 0.4) is 0 Å². The number of carbonyl (C=O) groups excluding carboxylic acids is 4. The molecule has 0 fully saturated rings. The summed E-state index contributed by atoms with van der Waals surface area (Å²) in [6.45, 7) is 9.81. The standard InChI is InChI=1S/2C56H98O7S.Ca/c2*1-3-5-7-9-11-13-15-17-19-21-23-25-27-29-31-33-35-37-39-41-43-45-49-62-55(57)53-48-47-52(64(59,60)61)51-54(53)56(58)63-50-46-44-42-40-38-36-34-32-30-28-26-24-22-20-18-16-14-12-10-8-6-4-2;/h2*29-32,47-48,51H,3-28,33-46,49-50H2,1-2H3,(H,59,60,61);/q;;+2/p-2/b2*31-29+,32-30+;. The van der Waals surface area contributed by atoms with Crippen LogP contribution in [-0.4, -0.2) is 114 Å². The van der Waals surface area contributed by atoms with Gasteiger partial charge in [-0.15, -0.1) is 0 Å². The van der Waals surface area contributed by atoms with Crippen LogP contribution in [-0.2, 0) is 39.2 Å². The summed E-state index contributed by atoms with van der Waals surface area (Å²) in [7, 11) is -9.65. The maximum Gasteiger partial charge on any atom is 2.00 e. The maximum absolute atomic E-state index is 13.0. The number of rotatable bonds is 94. The van der Waals surface area contributed by atoms with Crippen LogP contribution in [0.2, 0.25) is 0 Å². The van der Waals surface area contributed by atoms with Gasteiger partial charge in [-0.3, -0.25) is 0 Å². The second-order valence-electron chi connectivity index (χ2n) is 37.1. The number of hydrogen-bond acceptors (Lipinski definition) is 14. The Bertz CT molecular complexity index is 3020. The molecule has 0 amide bonds. The summed E-state index contributed by atoms with van der Waals surface area (Å²) < 4.78 is 92.0. The Kier molecular flexibility index (Phi) is 93.3. The van der Waals surface area contributed by atoms with Crippen LogP contribution in [0.1, 0.15) is 583 Å². The van der Waals surface area contributed by atoms with E-state index in [0.717, 1.165) is 127 Å². The summed E-state index contributed by atoms with van der Waals surface area (Å²) >= 11 is 0. The molecule has 0 N–H and O–H groups in total. The van der Waals surface area contributed by atoms with Crippen LogP contribution in [0.25, 0.3) is 0 Å². The molecule has 0 aliphatic carbocycles. The van der Waals surface area contributed by atoms with E-state index in [4.69, 9.17) is 18.9 Å². The first-order valence-electron chi connectivity index (χ1n) is 54.1. The minimum Gasteiger partial charge on any atom is -0.744 e. The average Bonchev–Trinajstić information content (AvgIpc) is 0.812. The number of hydrogen-bond donors (Lipinski definition) is 0. The van der Waals surface area contributed by atoms with Crippen LogP contribution < -0.4 is 0 Å². The van der Waals surface area contributed by atoms with Gasteiger partial charge in [-0.2, -0.15) is 0 Å². The third-order valence-electron chi connectivity index (χ3n) is 25.0. The molecule has 17 heteroatoms. The molecule has 0 aliphatic heterocycles. The zero-order valence-electron chi connectivity index (χ0n) is 83.7. The Balaban J connectivity index is 0.00000252. The Labute approximate surface area is 824 Å². The number of carbonyl (C=O) groups is 4. The monoisotopic (exact) mass is 1870 g/mol.